The van der Waals surface area contributed by atoms with Gasteiger partial charge in [-0.15, -0.1) is 0 Å². The van der Waals surface area contributed by atoms with Crippen LogP contribution in [0.3, 0.4) is 0 Å². The predicted octanol–water partition coefficient (Wildman–Crippen LogP) is 3.17. The minimum Gasteiger partial charge on any atom is -0.268 e. The fraction of sp³-hybridized carbons (Fsp3) is 0.300. The molecule has 1 aromatic heterocycles. The summed E-state index contributed by atoms with van der Waals surface area (Å²) in [7, 11) is 1.80. The van der Waals surface area contributed by atoms with Crippen LogP contribution in [0.25, 0.3) is 10.9 Å². The highest BCUT2D eigenvalue weighted by atomic mass is 79.9. The molecule has 0 saturated heterocycles. The number of hydrogen-bond acceptors (Lipinski definition) is 1. The van der Waals surface area contributed by atoms with E-state index in [1.807, 2.05) is 13.0 Å². The fourth-order valence-corrected chi connectivity index (χ4v) is 1.87. The molecule has 0 amide bonds. The van der Waals surface area contributed by atoms with Gasteiger partial charge in [0.2, 0.25) is 0 Å². The minimum absolute atomic E-state index is 0.0205. The molecule has 0 radical (unpaired) electrons. The van der Waals surface area contributed by atoms with Gasteiger partial charge in [-0.2, -0.15) is 5.10 Å². The van der Waals surface area contributed by atoms with Crippen molar-refractivity contribution in [3.8, 4) is 0 Å². The first-order valence-electron chi connectivity index (χ1n) is 4.35. The standard InChI is InChI=1S/C10H10BrFN2/c1-6(11)7-3-4-9-8(10(7)12)5-13-14(9)2/h3-6H,1-2H3. The fourth-order valence-electron chi connectivity index (χ4n) is 1.52. The van der Waals surface area contributed by atoms with E-state index in [2.05, 4.69) is 21.0 Å². The van der Waals surface area contributed by atoms with Crippen LogP contribution in [-0.2, 0) is 7.05 Å². The summed E-state index contributed by atoms with van der Waals surface area (Å²) < 4.78 is 15.5. The van der Waals surface area contributed by atoms with E-state index in [4.69, 9.17) is 0 Å². The van der Waals surface area contributed by atoms with Crippen LogP contribution in [-0.4, -0.2) is 9.78 Å². The van der Waals surface area contributed by atoms with E-state index in [-0.39, 0.29) is 10.6 Å². The second kappa shape index (κ2) is 3.35. The SMILES string of the molecule is CC(Br)c1ccc2c(cnn2C)c1F. The third kappa shape index (κ3) is 1.34. The molecule has 2 rings (SSSR count). The summed E-state index contributed by atoms with van der Waals surface area (Å²) in [6.07, 6.45) is 1.56. The second-order valence-electron chi connectivity index (χ2n) is 3.29. The van der Waals surface area contributed by atoms with Crippen molar-refractivity contribution >= 4 is 26.8 Å². The average Bonchev–Trinajstić information content (AvgIpc) is 2.49. The molecular weight excluding hydrogens is 247 g/mol. The quantitative estimate of drug-likeness (QED) is 0.717. The number of hydrogen-bond donors (Lipinski definition) is 0. The lowest BCUT2D eigenvalue weighted by Crippen LogP contribution is -1.93. The number of benzene rings is 1. The van der Waals surface area contributed by atoms with Crippen molar-refractivity contribution in [1.29, 1.82) is 0 Å². The van der Waals surface area contributed by atoms with Gasteiger partial charge >= 0.3 is 0 Å². The van der Waals surface area contributed by atoms with Crippen molar-refractivity contribution < 1.29 is 4.39 Å². The third-order valence-electron chi connectivity index (χ3n) is 2.32. The van der Waals surface area contributed by atoms with Crippen LogP contribution >= 0.6 is 15.9 Å². The van der Waals surface area contributed by atoms with Gasteiger partial charge < -0.3 is 0 Å². The van der Waals surface area contributed by atoms with Crippen LogP contribution in [0.2, 0.25) is 0 Å². The van der Waals surface area contributed by atoms with E-state index in [1.165, 1.54) is 0 Å². The lowest BCUT2D eigenvalue weighted by atomic mass is 10.1. The lowest BCUT2D eigenvalue weighted by molar-refractivity contribution is 0.624. The Kier molecular flexibility index (Phi) is 2.31. The number of fused-ring (bicyclic) bond motifs is 1. The van der Waals surface area contributed by atoms with E-state index < -0.39 is 0 Å². The van der Waals surface area contributed by atoms with Gasteiger partial charge in [-0.25, -0.2) is 4.39 Å². The molecule has 74 valence electrons. The van der Waals surface area contributed by atoms with Crippen LogP contribution in [0.5, 0.6) is 0 Å². The highest BCUT2D eigenvalue weighted by molar-refractivity contribution is 9.09. The molecule has 0 saturated carbocycles. The van der Waals surface area contributed by atoms with Crippen molar-refractivity contribution in [2.24, 2.45) is 7.05 Å². The molecular formula is C10H10BrFN2. The smallest absolute Gasteiger partial charge is 0.138 e. The minimum atomic E-state index is -0.181. The number of alkyl halides is 1. The summed E-state index contributed by atoms with van der Waals surface area (Å²) in [5, 5.41) is 4.60. The maximum atomic E-state index is 13.8. The molecule has 4 heteroatoms. The highest BCUT2D eigenvalue weighted by Crippen LogP contribution is 2.29. The van der Waals surface area contributed by atoms with Crippen molar-refractivity contribution in [1.82, 2.24) is 9.78 Å². The second-order valence-corrected chi connectivity index (χ2v) is 4.66. The number of aromatic nitrogens is 2. The van der Waals surface area contributed by atoms with Crippen LogP contribution in [0, 0.1) is 5.82 Å². The van der Waals surface area contributed by atoms with Crippen LogP contribution in [0.1, 0.15) is 17.3 Å². The average molecular weight is 257 g/mol. The first-order valence-corrected chi connectivity index (χ1v) is 5.27. The number of nitrogens with zero attached hydrogens (tertiary/aromatic N) is 2. The molecule has 0 bridgehead atoms. The third-order valence-corrected chi connectivity index (χ3v) is 2.82. The molecule has 0 N–H and O–H groups in total. The first kappa shape index (κ1) is 9.65. The first-order chi connectivity index (χ1) is 6.61. The number of halogens is 2. The van der Waals surface area contributed by atoms with Crippen molar-refractivity contribution in [3.05, 3.63) is 29.7 Å². The van der Waals surface area contributed by atoms with E-state index in [9.17, 15) is 4.39 Å². The van der Waals surface area contributed by atoms with Gasteiger partial charge in [-0.05, 0) is 13.0 Å². The molecule has 14 heavy (non-hydrogen) atoms. The van der Waals surface area contributed by atoms with Crippen LogP contribution in [0.15, 0.2) is 18.3 Å². The van der Waals surface area contributed by atoms with Gasteiger partial charge in [0.1, 0.15) is 5.82 Å². The molecule has 0 aliphatic carbocycles. The zero-order chi connectivity index (χ0) is 10.3. The molecule has 1 atom stereocenters. The highest BCUT2D eigenvalue weighted by Gasteiger charge is 2.13. The lowest BCUT2D eigenvalue weighted by Gasteiger charge is -2.05. The van der Waals surface area contributed by atoms with Gasteiger partial charge in [-0.1, -0.05) is 22.0 Å². The monoisotopic (exact) mass is 256 g/mol. The molecule has 0 spiro atoms. The molecule has 2 aromatic rings. The molecule has 1 aromatic carbocycles. The zero-order valence-electron chi connectivity index (χ0n) is 7.96. The largest absolute Gasteiger partial charge is 0.268 e. The van der Waals surface area contributed by atoms with Gasteiger partial charge in [-0.3, -0.25) is 4.68 Å². The molecule has 2 nitrogen and oxygen atoms in total. The van der Waals surface area contributed by atoms with Crippen LogP contribution < -0.4 is 0 Å². The molecule has 0 aliphatic rings. The van der Waals surface area contributed by atoms with Crippen LogP contribution in [0.4, 0.5) is 4.39 Å². The molecule has 0 fully saturated rings. The topological polar surface area (TPSA) is 17.8 Å². The van der Waals surface area contributed by atoms with Crippen molar-refractivity contribution in [2.45, 2.75) is 11.8 Å². The summed E-state index contributed by atoms with van der Waals surface area (Å²) in [6.45, 7) is 1.90. The Morgan fingerprint density at radius 2 is 2.21 bits per heavy atom. The maximum absolute atomic E-state index is 13.8. The van der Waals surface area contributed by atoms with E-state index in [0.717, 1.165) is 5.52 Å². The predicted molar refractivity (Wildman–Crippen MR) is 58.0 cm³/mol. The normalized spacial score (nSPS) is 13.4. The van der Waals surface area contributed by atoms with Gasteiger partial charge in [0.05, 0.1) is 17.1 Å². The Morgan fingerprint density at radius 1 is 1.50 bits per heavy atom. The van der Waals surface area contributed by atoms with Gasteiger partial charge in [0, 0.05) is 17.4 Å². The van der Waals surface area contributed by atoms with Crippen molar-refractivity contribution in [2.75, 3.05) is 0 Å². The molecule has 1 heterocycles. The number of aryl methyl sites for hydroxylation is 1. The molecule has 0 aliphatic heterocycles. The maximum Gasteiger partial charge on any atom is 0.138 e. The Balaban J connectivity index is 2.76. The van der Waals surface area contributed by atoms with Gasteiger partial charge in [0.25, 0.3) is 0 Å². The summed E-state index contributed by atoms with van der Waals surface area (Å²) in [4.78, 5) is 0.0205. The zero-order valence-corrected chi connectivity index (χ0v) is 9.55. The Bertz CT molecular complexity index is 476. The van der Waals surface area contributed by atoms with E-state index >= 15 is 0 Å². The molecule has 1 unspecified atom stereocenters. The Labute approximate surface area is 89.8 Å². The van der Waals surface area contributed by atoms with E-state index in [1.54, 1.807) is 24.0 Å². The van der Waals surface area contributed by atoms with Crippen molar-refractivity contribution in [3.63, 3.8) is 0 Å². The summed E-state index contributed by atoms with van der Waals surface area (Å²) in [5.41, 5.74) is 1.49. The van der Waals surface area contributed by atoms with Gasteiger partial charge in [0.15, 0.2) is 0 Å². The Morgan fingerprint density at radius 3 is 2.86 bits per heavy atom. The summed E-state index contributed by atoms with van der Waals surface area (Å²) >= 11 is 3.36. The Hall–Kier alpha value is -0.900. The summed E-state index contributed by atoms with van der Waals surface area (Å²) in [6, 6.07) is 3.68. The summed E-state index contributed by atoms with van der Waals surface area (Å²) in [5.74, 6) is -0.181. The number of rotatable bonds is 1. The van der Waals surface area contributed by atoms with E-state index in [0.29, 0.717) is 10.9 Å².